The fraction of sp³-hybridized carbons (Fsp3) is 0.200. The van der Waals surface area contributed by atoms with E-state index in [-0.39, 0.29) is 17.5 Å². The molecule has 3 aromatic carbocycles. The highest BCUT2D eigenvalue weighted by molar-refractivity contribution is 6.08. The Hall–Kier alpha value is -4.72. The van der Waals surface area contributed by atoms with Crippen LogP contribution in [0.3, 0.4) is 0 Å². The molecule has 0 aliphatic carbocycles. The third-order valence-electron chi connectivity index (χ3n) is 6.32. The minimum atomic E-state index is -0.560. The molecule has 0 aliphatic heterocycles. The Bertz CT molecular complexity index is 1670. The zero-order valence-corrected chi connectivity index (χ0v) is 21.7. The lowest BCUT2D eigenvalue weighted by atomic mass is 10.0. The summed E-state index contributed by atoms with van der Waals surface area (Å²) in [6.45, 7) is 4.70. The van der Waals surface area contributed by atoms with E-state index in [0.29, 0.717) is 45.6 Å². The first-order valence-corrected chi connectivity index (χ1v) is 12.3. The first-order valence-electron chi connectivity index (χ1n) is 12.3. The van der Waals surface area contributed by atoms with Gasteiger partial charge in [0.1, 0.15) is 11.5 Å². The van der Waals surface area contributed by atoms with Gasteiger partial charge in [-0.2, -0.15) is 0 Å². The van der Waals surface area contributed by atoms with E-state index in [2.05, 4.69) is 24.1 Å². The largest absolute Gasteiger partial charge is 0.497 e. The van der Waals surface area contributed by atoms with Gasteiger partial charge in [-0.25, -0.2) is 4.98 Å². The standard InChI is InChI=1S/C30H28N4O4/c1-18(2)17-34-27-13-11-21(38-4)15-24(27)28(30(34)36)32-33-29(35)23-16-26(19-8-6-5-7-9-19)31-25-12-10-20(37-3)14-22(23)25/h5-16,18,36H,17H2,1-4H3. The number of benzene rings is 3. The number of amides is 1. The van der Waals surface area contributed by atoms with Crippen molar-refractivity contribution in [3.63, 3.8) is 0 Å². The van der Waals surface area contributed by atoms with Crippen molar-refractivity contribution in [2.75, 3.05) is 14.2 Å². The number of aromatic nitrogens is 2. The van der Waals surface area contributed by atoms with Crippen LogP contribution in [0.1, 0.15) is 24.2 Å². The molecule has 0 saturated carbocycles. The molecule has 0 aliphatic rings. The second-order valence-electron chi connectivity index (χ2n) is 9.37. The third-order valence-corrected chi connectivity index (χ3v) is 6.32. The average Bonchev–Trinajstić information content (AvgIpc) is 3.20. The lowest BCUT2D eigenvalue weighted by Crippen LogP contribution is -2.03. The van der Waals surface area contributed by atoms with Crippen molar-refractivity contribution in [3.8, 4) is 28.6 Å². The second-order valence-corrected chi connectivity index (χ2v) is 9.37. The molecule has 0 spiro atoms. The Balaban J connectivity index is 1.64. The van der Waals surface area contributed by atoms with Gasteiger partial charge in [-0.1, -0.05) is 44.2 Å². The van der Waals surface area contributed by atoms with Crippen LogP contribution in [0.2, 0.25) is 0 Å². The summed E-state index contributed by atoms with van der Waals surface area (Å²) in [5, 5.41) is 20.6. The highest BCUT2D eigenvalue weighted by Gasteiger charge is 2.20. The molecule has 0 atom stereocenters. The van der Waals surface area contributed by atoms with E-state index in [9.17, 15) is 9.90 Å². The minimum Gasteiger partial charge on any atom is -0.497 e. The van der Waals surface area contributed by atoms with Crippen LogP contribution in [0.15, 0.2) is 83.0 Å². The van der Waals surface area contributed by atoms with Crippen LogP contribution < -0.4 is 9.47 Å². The minimum absolute atomic E-state index is 0.0512. The number of hydrogen-bond donors (Lipinski definition) is 1. The lowest BCUT2D eigenvalue weighted by molar-refractivity contribution is 0.0996. The van der Waals surface area contributed by atoms with Crippen molar-refractivity contribution in [1.82, 2.24) is 9.55 Å². The van der Waals surface area contributed by atoms with Gasteiger partial charge in [-0.3, -0.25) is 4.79 Å². The molecule has 8 heteroatoms. The molecule has 0 unspecified atom stereocenters. The quantitative estimate of drug-likeness (QED) is 0.235. The molecule has 0 fully saturated rings. The van der Waals surface area contributed by atoms with Gasteiger partial charge in [0.2, 0.25) is 5.88 Å². The zero-order chi connectivity index (χ0) is 26.8. The van der Waals surface area contributed by atoms with Gasteiger partial charge in [-0.05, 0) is 48.4 Å². The van der Waals surface area contributed by atoms with E-state index in [1.54, 1.807) is 43.1 Å². The number of azo groups is 1. The number of nitrogens with zero attached hydrogens (tertiary/aromatic N) is 4. The summed E-state index contributed by atoms with van der Waals surface area (Å²) >= 11 is 0. The molecule has 0 bridgehead atoms. The van der Waals surface area contributed by atoms with Crippen LogP contribution in [-0.2, 0) is 6.54 Å². The van der Waals surface area contributed by atoms with Gasteiger partial charge in [0.25, 0.3) is 5.91 Å². The van der Waals surface area contributed by atoms with Crippen molar-refractivity contribution < 1.29 is 19.4 Å². The van der Waals surface area contributed by atoms with Gasteiger partial charge in [0.15, 0.2) is 5.69 Å². The summed E-state index contributed by atoms with van der Waals surface area (Å²) in [4.78, 5) is 18.3. The molecule has 1 amide bonds. The normalized spacial score (nSPS) is 11.6. The van der Waals surface area contributed by atoms with Gasteiger partial charge in [-0.15, -0.1) is 10.2 Å². The zero-order valence-electron chi connectivity index (χ0n) is 21.7. The molecule has 5 rings (SSSR count). The molecule has 0 saturated heterocycles. The molecule has 192 valence electrons. The molecular formula is C30H28N4O4. The number of rotatable bonds is 7. The molecule has 2 aromatic heterocycles. The summed E-state index contributed by atoms with van der Waals surface area (Å²) < 4.78 is 12.5. The number of pyridine rings is 1. The fourth-order valence-corrected chi connectivity index (χ4v) is 4.49. The number of aromatic hydroxyl groups is 1. The van der Waals surface area contributed by atoms with E-state index in [1.807, 2.05) is 48.5 Å². The topological polar surface area (TPSA) is 98.3 Å². The van der Waals surface area contributed by atoms with Crippen molar-refractivity contribution in [2.24, 2.45) is 16.1 Å². The van der Waals surface area contributed by atoms with Gasteiger partial charge >= 0.3 is 0 Å². The summed E-state index contributed by atoms with van der Waals surface area (Å²) in [7, 11) is 3.14. The number of hydrogen-bond acceptors (Lipinski definition) is 6. The van der Waals surface area contributed by atoms with E-state index in [0.717, 1.165) is 11.1 Å². The van der Waals surface area contributed by atoms with Crippen LogP contribution in [0, 0.1) is 5.92 Å². The van der Waals surface area contributed by atoms with Crippen molar-refractivity contribution >= 4 is 33.4 Å². The Kier molecular flexibility index (Phi) is 6.79. The second kappa shape index (κ2) is 10.3. The smallest absolute Gasteiger partial charge is 0.296 e. The number of carbonyl (C=O) groups excluding carboxylic acids is 1. The van der Waals surface area contributed by atoms with E-state index >= 15 is 0 Å². The van der Waals surface area contributed by atoms with Gasteiger partial charge < -0.3 is 19.1 Å². The first-order chi connectivity index (χ1) is 18.4. The Labute approximate surface area is 220 Å². The molecule has 1 N–H and O–H groups in total. The van der Waals surface area contributed by atoms with Crippen LogP contribution in [0.5, 0.6) is 17.4 Å². The maximum absolute atomic E-state index is 13.5. The van der Waals surface area contributed by atoms with Gasteiger partial charge in [0, 0.05) is 22.9 Å². The average molecular weight is 509 g/mol. The summed E-state index contributed by atoms with van der Waals surface area (Å²) in [5.41, 5.74) is 3.47. The first kappa shape index (κ1) is 25.0. The summed E-state index contributed by atoms with van der Waals surface area (Å²) in [6, 6.07) is 22.2. The van der Waals surface area contributed by atoms with Crippen molar-refractivity contribution in [3.05, 3.63) is 78.4 Å². The highest BCUT2D eigenvalue weighted by Crippen LogP contribution is 2.41. The molecule has 8 nitrogen and oxygen atoms in total. The van der Waals surface area contributed by atoms with Gasteiger partial charge in [0.05, 0.1) is 36.5 Å². The maximum Gasteiger partial charge on any atom is 0.296 e. The monoisotopic (exact) mass is 508 g/mol. The number of methoxy groups -OCH3 is 2. The highest BCUT2D eigenvalue weighted by atomic mass is 16.5. The number of fused-ring (bicyclic) bond motifs is 2. The number of ether oxygens (including phenoxy) is 2. The summed E-state index contributed by atoms with van der Waals surface area (Å²) in [6.07, 6.45) is 0. The molecule has 5 aromatic rings. The van der Waals surface area contributed by atoms with Crippen LogP contribution in [-0.4, -0.2) is 34.8 Å². The predicted molar refractivity (Wildman–Crippen MR) is 148 cm³/mol. The van der Waals surface area contributed by atoms with Crippen molar-refractivity contribution in [2.45, 2.75) is 20.4 Å². The van der Waals surface area contributed by atoms with Crippen LogP contribution in [0.25, 0.3) is 33.1 Å². The van der Waals surface area contributed by atoms with Crippen LogP contribution in [0.4, 0.5) is 5.69 Å². The van der Waals surface area contributed by atoms with E-state index < -0.39 is 5.91 Å². The Morgan fingerprint density at radius 2 is 1.63 bits per heavy atom. The molecule has 2 heterocycles. The molecule has 38 heavy (non-hydrogen) atoms. The maximum atomic E-state index is 13.5. The van der Waals surface area contributed by atoms with Crippen molar-refractivity contribution in [1.29, 1.82) is 0 Å². The lowest BCUT2D eigenvalue weighted by Gasteiger charge is -2.09. The fourth-order valence-electron chi connectivity index (χ4n) is 4.49. The summed E-state index contributed by atoms with van der Waals surface area (Å²) in [5.74, 6) is 0.875. The SMILES string of the molecule is COc1ccc2nc(-c3ccccc3)cc(C(=O)N=Nc3c(O)n(CC(C)C)c4ccc(OC)cc34)c2c1. The molecular weight excluding hydrogens is 480 g/mol. The Morgan fingerprint density at radius 3 is 2.32 bits per heavy atom. The van der Waals surface area contributed by atoms with E-state index in [1.165, 1.54) is 0 Å². The Morgan fingerprint density at radius 1 is 0.947 bits per heavy atom. The van der Waals surface area contributed by atoms with E-state index in [4.69, 9.17) is 14.5 Å². The number of carbonyl (C=O) groups is 1. The molecule has 0 radical (unpaired) electrons. The van der Waals surface area contributed by atoms with Crippen LogP contribution >= 0.6 is 0 Å². The predicted octanol–water partition coefficient (Wildman–Crippen LogP) is 7.16. The third kappa shape index (κ3) is 4.68.